The molecule has 0 saturated carbocycles. The van der Waals surface area contributed by atoms with Gasteiger partial charge in [-0.2, -0.15) is 0 Å². The molecular formula is C15H13N3O2. The van der Waals surface area contributed by atoms with Crippen molar-refractivity contribution in [2.24, 2.45) is 0 Å². The summed E-state index contributed by atoms with van der Waals surface area (Å²) in [6, 6.07) is 13.3. The number of carbonyl (C=O) groups is 1. The fourth-order valence-electron chi connectivity index (χ4n) is 2.11. The highest BCUT2D eigenvalue weighted by Gasteiger charge is 2.05. The van der Waals surface area contributed by atoms with E-state index in [1.807, 2.05) is 47.0 Å². The van der Waals surface area contributed by atoms with E-state index in [9.17, 15) is 4.79 Å². The van der Waals surface area contributed by atoms with Crippen LogP contribution in [0.4, 0.5) is 5.69 Å². The van der Waals surface area contributed by atoms with E-state index in [4.69, 9.17) is 4.74 Å². The van der Waals surface area contributed by atoms with Gasteiger partial charge in [0.1, 0.15) is 12.1 Å². The van der Waals surface area contributed by atoms with Crippen molar-refractivity contribution in [3.8, 4) is 11.4 Å². The molecule has 0 bridgehead atoms. The maximum Gasteiger partial charge on any atom is 0.211 e. The molecule has 0 atom stereocenters. The average molecular weight is 267 g/mol. The molecule has 1 aromatic heterocycles. The van der Waals surface area contributed by atoms with Crippen molar-refractivity contribution >= 4 is 23.1 Å². The Morgan fingerprint density at radius 3 is 2.70 bits per heavy atom. The van der Waals surface area contributed by atoms with Crippen molar-refractivity contribution < 1.29 is 9.53 Å². The molecule has 0 unspecified atom stereocenters. The van der Waals surface area contributed by atoms with Crippen LogP contribution in [0.25, 0.3) is 16.7 Å². The quantitative estimate of drug-likeness (QED) is 0.739. The van der Waals surface area contributed by atoms with Gasteiger partial charge in [-0.05, 0) is 36.4 Å². The molecule has 0 aliphatic rings. The van der Waals surface area contributed by atoms with Crippen LogP contribution in [-0.4, -0.2) is 23.1 Å². The number of amides is 1. The number of anilines is 1. The molecule has 5 heteroatoms. The fourth-order valence-corrected chi connectivity index (χ4v) is 2.11. The van der Waals surface area contributed by atoms with E-state index in [2.05, 4.69) is 10.3 Å². The topological polar surface area (TPSA) is 56.1 Å². The van der Waals surface area contributed by atoms with E-state index in [0.29, 0.717) is 6.41 Å². The van der Waals surface area contributed by atoms with Gasteiger partial charge in [0.15, 0.2) is 0 Å². The number of rotatable bonds is 4. The van der Waals surface area contributed by atoms with Crippen LogP contribution in [0.5, 0.6) is 5.75 Å². The van der Waals surface area contributed by atoms with Crippen LogP contribution in [-0.2, 0) is 4.79 Å². The number of aromatic nitrogens is 2. The number of carbonyl (C=O) groups excluding carboxylic acids is 1. The van der Waals surface area contributed by atoms with E-state index < -0.39 is 0 Å². The van der Waals surface area contributed by atoms with E-state index in [0.717, 1.165) is 28.2 Å². The zero-order valence-corrected chi connectivity index (χ0v) is 10.9. The summed E-state index contributed by atoms with van der Waals surface area (Å²) in [4.78, 5) is 14.8. The van der Waals surface area contributed by atoms with Gasteiger partial charge in [-0.15, -0.1) is 0 Å². The summed E-state index contributed by atoms with van der Waals surface area (Å²) < 4.78 is 7.17. The fraction of sp³-hybridized carbons (Fsp3) is 0.0667. The summed E-state index contributed by atoms with van der Waals surface area (Å²) in [5.41, 5.74) is 3.62. The van der Waals surface area contributed by atoms with E-state index in [1.165, 1.54) is 0 Å². The lowest BCUT2D eigenvalue weighted by atomic mass is 10.2. The monoisotopic (exact) mass is 267 g/mol. The summed E-state index contributed by atoms with van der Waals surface area (Å²) in [6.07, 6.45) is 2.43. The van der Waals surface area contributed by atoms with Gasteiger partial charge in [0.2, 0.25) is 6.41 Å². The van der Waals surface area contributed by atoms with Crippen molar-refractivity contribution in [2.45, 2.75) is 0 Å². The number of nitrogens with zero attached hydrogens (tertiary/aromatic N) is 2. The van der Waals surface area contributed by atoms with Gasteiger partial charge in [0.05, 0.1) is 18.1 Å². The van der Waals surface area contributed by atoms with Crippen LogP contribution >= 0.6 is 0 Å². The molecule has 0 fully saturated rings. The number of methoxy groups -OCH3 is 1. The largest absolute Gasteiger partial charge is 0.497 e. The van der Waals surface area contributed by atoms with E-state index >= 15 is 0 Å². The van der Waals surface area contributed by atoms with Crippen molar-refractivity contribution in [2.75, 3.05) is 12.4 Å². The average Bonchev–Trinajstić information content (AvgIpc) is 2.91. The second-order valence-electron chi connectivity index (χ2n) is 4.28. The Morgan fingerprint density at radius 2 is 2.00 bits per heavy atom. The van der Waals surface area contributed by atoms with Crippen LogP contribution in [0.3, 0.4) is 0 Å². The molecule has 3 aromatic rings. The first-order valence-corrected chi connectivity index (χ1v) is 6.13. The number of fused-ring (bicyclic) bond motifs is 1. The summed E-state index contributed by atoms with van der Waals surface area (Å²) in [7, 11) is 1.64. The standard InChI is InChI=1S/C15H13N3O2/c1-20-13-6-7-15-14(8-13)16-9-18(15)12-4-2-11(3-5-12)17-10-19/h2-10H,1H3,(H,17,19). The lowest BCUT2D eigenvalue weighted by Gasteiger charge is -2.06. The maximum atomic E-state index is 10.4. The second kappa shape index (κ2) is 5.05. The molecule has 1 N–H and O–H groups in total. The predicted molar refractivity (Wildman–Crippen MR) is 77.3 cm³/mol. The zero-order chi connectivity index (χ0) is 13.9. The third kappa shape index (κ3) is 2.09. The highest BCUT2D eigenvalue weighted by molar-refractivity contribution is 5.79. The molecule has 1 heterocycles. The lowest BCUT2D eigenvalue weighted by molar-refractivity contribution is -0.105. The number of ether oxygens (including phenoxy) is 1. The van der Waals surface area contributed by atoms with Crippen molar-refractivity contribution in [3.63, 3.8) is 0 Å². The molecule has 3 rings (SSSR count). The third-order valence-electron chi connectivity index (χ3n) is 3.13. The van der Waals surface area contributed by atoms with Gasteiger partial charge in [-0.25, -0.2) is 4.98 Å². The smallest absolute Gasteiger partial charge is 0.211 e. The first-order chi connectivity index (χ1) is 9.81. The van der Waals surface area contributed by atoms with Crippen LogP contribution in [0.1, 0.15) is 0 Å². The Bertz CT molecular complexity index is 747. The Hall–Kier alpha value is -2.82. The van der Waals surface area contributed by atoms with Crippen LogP contribution < -0.4 is 10.1 Å². The molecule has 0 aliphatic heterocycles. The van der Waals surface area contributed by atoms with E-state index in [-0.39, 0.29) is 0 Å². The summed E-state index contributed by atoms with van der Waals surface area (Å²) in [5, 5.41) is 2.61. The van der Waals surface area contributed by atoms with Gasteiger partial charge >= 0.3 is 0 Å². The van der Waals surface area contributed by atoms with Gasteiger partial charge in [-0.1, -0.05) is 0 Å². The molecule has 0 spiro atoms. The molecule has 5 nitrogen and oxygen atoms in total. The molecule has 20 heavy (non-hydrogen) atoms. The second-order valence-corrected chi connectivity index (χ2v) is 4.28. The summed E-state index contributed by atoms with van der Waals surface area (Å²) in [5.74, 6) is 0.785. The van der Waals surface area contributed by atoms with E-state index in [1.54, 1.807) is 13.4 Å². The lowest BCUT2D eigenvalue weighted by Crippen LogP contribution is -1.95. The van der Waals surface area contributed by atoms with Crippen molar-refractivity contribution in [1.82, 2.24) is 9.55 Å². The summed E-state index contributed by atoms with van der Waals surface area (Å²) in [6.45, 7) is 0. The highest BCUT2D eigenvalue weighted by Crippen LogP contribution is 2.23. The first-order valence-electron chi connectivity index (χ1n) is 6.13. The van der Waals surface area contributed by atoms with Crippen molar-refractivity contribution in [3.05, 3.63) is 48.8 Å². The van der Waals surface area contributed by atoms with Crippen molar-refractivity contribution in [1.29, 1.82) is 0 Å². The third-order valence-corrected chi connectivity index (χ3v) is 3.13. The molecule has 1 amide bonds. The molecule has 0 aliphatic carbocycles. The van der Waals surface area contributed by atoms with Gasteiger partial charge in [-0.3, -0.25) is 9.36 Å². The molecule has 0 saturated heterocycles. The van der Waals surface area contributed by atoms with Gasteiger partial charge < -0.3 is 10.1 Å². The zero-order valence-electron chi connectivity index (χ0n) is 10.9. The molecule has 0 radical (unpaired) electrons. The number of imidazole rings is 1. The number of nitrogens with one attached hydrogen (secondary N) is 1. The Balaban J connectivity index is 2.03. The number of hydrogen-bond acceptors (Lipinski definition) is 3. The van der Waals surface area contributed by atoms with Crippen LogP contribution in [0, 0.1) is 0 Å². The minimum Gasteiger partial charge on any atom is -0.497 e. The normalized spacial score (nSPS) is 10.4. The Labute approximate surface area is 115 Å². The van der Waals surface area contributed by atoms with Gasteiger partial charge in [0.25, 0.3) is 0 Å². The maximum absolute atomic E-state index is 10.4. The highest BCUT2D eigenvalue weighted by atomic mass is 16.5. The Morgan fingerprint density at radius 1 is 1.20 bits per heavy atom. The number of benzene rings is 2. The SMILES string of the molecule is COc1ccc2c(c1)ncn2-c1ccc(NC=O)cc1. The predicted octanol–water partition coefficient (Wildman–Crippen LogP) is 2.60. The van der Waals surface area contributed by atoms with Crippen LogP contribution in [0.2, 0.25) is 0 Å². The first kappa shape index (κ1) is 12.2. The number of hydrogen-bond donors (Lipinski definition) is 1. The minimum absolute atomic E-state index is 0.661. The molecule has 100 valence electrons. The van der Waals surface area contributed by atoms with Gasteiger partial charge in [0, 0.05) is 17.4 Å². The Kier molecular flexibility index (Phi) is 3.09. The molecular weight excluding hydrogens is 254 g/mol. The minimum atomic E-state index is 0.661. The van der Waals surface area contributed by atoms with Crippen LogP contribution in [0.15, 0.2) is 48.8 Å². The molecule has 2 aromatic carbocycles. The summed E-state index contributed by atoms with van der Waals surface area (Å²) >= 11 is 0.